The minimum absolute atomic E-state index is 0.0355. The van der Waals surface area contributed by atoms with Crippen molar-refractivity contribution in [3.63, 3.8) is 0 Å². The maximum atomic E-state index is 14.5. The van der Waals surface area contributed by atoms with Gasteiger partial charge in [0.25, 0.3) is 0 Å². The van der Waals surface area contributed by atoms with Crippen LogP contribution in [0.15, 0.2) is 60.7 Å². The molecule has 5 rings (SSSR count). The number of esters is 2. The molecule has 3 aliphatic heterocycles. The van der Waals surface area contributed by atoms with Gasteiger partial charge in [0.2, 0.25) is 0 Å². The van der Waals surface area contributed by atoms with Crippen molar-refractivity contribution in [2.24, 2.45) is 17.8 Å². The number of aliphatic hydroxyl groups is 1. The van der Waals surface area contributed by atoms with Crippen LogP contribution < -0.4 is 0 Å². The molecule has 0 aromatic heterocycles. The van der Waals surface area contributed by atoms with Gasteiger partial charge in [0.05, 0.1) is 48.2 Å². The molecule has 14 heteroatoms. The Bertz CT molecular complexity index is 1690. The van der Waals surface area contributed by atoms with E-state index in [2.05, 4.69) is 11.8 Å². The summed E-state index contributed by atoms with van der Waals surface area (Å²) in [6.07, 6.45) is -1.74. The summed E-state index contributed by atoms with van der Waals surface area (Å²) >= 11 is 0. The van der Waals surface area contributed by atoms with E-state index in [9.17, 15) is 24.3 Å². The van der Waals surface area contributed by atoms with Gasteiger partial charge in [-0.15, -0.1) is 0 Å². The van der Waals surface area contributed by atoms with E-state index in [1.807, 2.05) is 76.3 Å². The molecular weight excluding hydrogens is 759 g/mol. The maximum Gasteiger partial charge on any atom is 0.410 e. The van der Waals surface area contributed by atoms with Crippen LogP contribution in [0.5, 0.6) is 0 Å². The minimum atomic E-state index is -1.19. The smallest absolute Gasteiger partial charge is 0.410 e. The Balaban J connectivity index is 1.42. The van der Waals surface area contributed by atoms with E-state index in [0.29, 0.717) is 50.9 Å². The zero-order chi connectivity index (χ0) is 42.9. The lowest BCUT2D eigenvalue weighted by Crippen LogP contribution is -2.60. The number of aliphatic hydroxyl groups excluding tert-OH is 1. The van der Waals surface area contributed by atoms with Gasteiger partial charge in [-0.1, -0.05) is 62.4 Å². The number of rotatable bonds is 10. The van der Waals surface area contributed by atoms with Crippen LogP contribution in [0.4, 0.5) is 4.79 Å². The van der Waals surface area contributed by atoms with Gasteiger partial charge in [-0.3, -0.25) is 14.5 Å². The Morgan fingerprint density at radius 1 is 0.966 bits per heavy atom. The summed E-state index contributed by atoms with van der Waals surface area (Å²) < 4.78 is 37.8. The highest BCUT2D eigenvalue weighted by molar-refractivity contribution is 6.00. The Hall–Kier alpha value is -3.92. The third-order valence-electron chi connectivity index (χ3n) is 12.4. The number of hydrogen-bond acceptors (Lipinski definition) is 13. The van der Waals surface area contributed by atoms with Crippen molar-refractivity contribution in [1.29, 1.82) is 0 Å². The van der Waals surface area contributed by atoms with Gasteiger partial charge in [-0.2, -0.15) is 0 Å². The van der Waals surface area contributed by atoms with Gasteiger partial charge >= 0.3 is 18.0 Å². The number of cyclic esters (lactones) is 1. The first-order valence-electron chi connectivity index (χ1n) is 20.9. The molecule has 59 heavy (non-hydrogen) atoms. The molecule has 2 aromatic carbocycles. The molecule has 1 amide bonds. The molecule has 1 N–H and O–H groups in total. The number of likely N-dealkylation sites (tertiary alicyclic amines) is 1. The summed E-state index contributed by atoms with van der Waals surface area (Å²) in [6, 6.07) is 17.9. The minimum Gasteiger partial charge on any atom is -0.463 e. The van der Waals surface area contributed by atoms with Crippen molar-refractivity contribution in [3.05, 3.63) is 71.8 Å². The molecule has 3 heterocycles. The van der Waals surface area contributed by atoms with Crippen LogP contribution in [-0.4, -0.2) is 146 Å². The summed E-state index contributed by atoms with van der Waals surface area (Å²) in [4.78, 5) is 60.8. The molecule has 0 saturated carbocycles. The van der Waals surface area contributed by atoms with Gasteiger partial charge in [0, 0.05) is 25.6 Å². The monoisotopic (exact) mass is 823 g/mol. The van der Waals surface area contributed by atoms with Crippen molar-refractivity contribution in [3.8, 4) is 0 Å². The van der Waals surface area contributed by atoms with Crippen LogP contribution in [0.25, 0.3) is 0 Å². The summed E-state index contributed by atoms with van der Waals surface area (Å²) in [5.41, 5.74) is -0.541. The fraction of sp³-hybridized carbons (Fsp3) is 0.644. The normalized spacial score (nSPS) is 31.1. The van der Waals surface area contributed by atoms with Gasteiger partial charge in [-0.05, 0) is 91.2 Å². The number of Topliss-reactive ketones (excluding diaryl/α,β-unsaturated/α-hetero) is 1. The third-order valence-corrected chi connectivity index (χ3v) is 12.4. The fourth-order valence-corrected chi connectivity index (χ4v) is 8.96. The molecule has 2 aromatic rings. The van der Waals surface area contributed by atoms with Gasteiger partial charge in [0.1, 0.15) is 19.1 Å². The Labute approximate surface area is 349 Å². The van der Waals surface area contributed by atoms with E-state index in [4.69, 9.17) is 28.4 Å². The molecule has 3 saturated heterocycles. The Kier molecular flexibility index (Phi) is 16.1. The molecule has 1 spiro atoms. The lowest BCUT2D eigenvalue weighted by Gasteiger charge is -2.49. The number of benzene rings is 2. The molecule has 0 aliphatic carbocycles. The molecule has 326 valence electrons. The van der Waals surface area contributed by atoms with Crippen LogP contribution in [-0.2, 0) is 44.6 Å². The Morgan fingerprint density at radius 2 is 1.61 bits per heavy atom. The fourth-order valence-electron chi connectivity index (χ4n) is 8.96. The summed E-state index contributed by atoms with van der Waals surface area (Å²) in [7, 11) is 5.81. The second-order valence-electron chi connectivity index (χ2n) is 17.2. The second-order valence-corrected chi connectivity index (χ2v) is 17.2. The highest BCUT2D eigenvalue weighted by Gasteiger charge is 2.51. The SMILES string of the molecule is C[C@H]1CN(C)C2(CCN(C(=O)OCc3ccccc3)CC2)COC(=O)[C@H](C)C(=O)[C@H](C)[C@@H](O[C@@H]2O[C@H](C)C[C@H](N(C)C)[C@H]2OC(=O)c2ccccc2)[C@](C)(OCCO)C1. The molecule has 3 fully saturated rings. The molecule has 0 bridgehead atoms. The standard InChI is InChI=1S/C45H65N3O11/c1-30-26-44(5,56-24-23-49)39(59-42-38(36(46(6)7)25-31(2)57-42)58-41(52)35-17-13-10-14-18-35)32(3)37(50)33(4)40(51)55-29-45(47(8)27-30)19-21-48(22-20-45)43(53)54-28-34-15-11-9-12-16-34/h9-18,30-33,36,38-39,42,49H,19-29H2,1-8H3/t30-,31-,32+,33-,36+,38-,39-,42+,44-/m1/s1. The zero-order valence-electron chi connectivity index (χ0n) is 36.0. The molecular formula is C45H65N3O11. The number of carbonyl (C=O) groups excluding carboxylic acids is 4. The first-order valence-corrected chi connectivity index (χ1v) is 20.9. The zero-order valence-corrected chi connectivity index (χ0v) is 36.0. The molecule has 9 atom stereocenters. The summed E-state index contributed by atoms with van der Waals surface area (Å²) in [6.45, 7) is 10.4. The second kappa shape index (κ2) is 20.6. The summed E-state index contributed by atoms with van der Waals surface area (Å²) in [5.74, 6) is -3.74. The lowest BCUT2D eigenvalue weighted by atomic mass is 9.78. The van der Waals surface area contributed by atoms with Gasteiger partial charge in [-0.25, -0.2) is 9.59 Å². The predicted octanol–water partition coefficient (Wildman–Crippen LogP) is 4.96. The van der Waals surface area contributed by atoms with E-state index in [0.717, 1.165) is 5.56 Å². The first-order chi connectivity index (χ1) is 28.1. The number of ketones is 1. The largest absolute Gasteiger partial charge is 0.463 e. The predicted molar refractivity (Wildman–Crippen MR) is 219 cm³/mol. The van der Waals surface area contributed by atoms with Crippen molar-refractivity contribution in [2.45, 2.75) is 109 Å². The molecule has 0 unspecified atom stereocenters. The van der Waals surface area contributed by atoms with Gasteiger partial charge in [0.15, 0.2) is 18.2 Å². The van der Waals surface area contributed by atoms with Crippen molar-refractivity contribution >= 4 is 23.8 Å². The number of piperidine rings is 1. The highest BCUT2D eigenvalue weighted by atomic mass is 16.7. The number of likely N-dealkylation sites (N-methyl/N-ethyl adjacent to an activating group) is 2. The van der Waals surface area contributed by atoms with Gasteiger partial charge < -0.3 is 43.3 Å². The third kappa shape index (κ3) is 11.5. The van der Waals surface area contributed by atoms with Crippen LogP contribution in [0.3, 0.4) is 0 Å². The van der Waals surface area contributed by atoms with Crippen LogP contribution in [0, 0.1) is 17.8 Å². The van der Waals surface area contributed by atoms with Crippen LogP contribution in [0.2, 0.25) is 0 Å². The average molecular weight is 824 g/mol. The summed E-state index contributed by atoms with van der Waals surface area (Å²) in [5, 5.41) is 10.0. The number of nitrogens with zero attached hydrogens (tertiary/aromatic N) is 3. The quantitative estimate of drug-likeness (QED) is 0.195. The van der Waals surface area contributed by atoms with E-state index >= 15 is 0 Å². The van der Waals surface area contributed by atoms with E-state index < -0.39 is 65.3 Å². The average Bonchev–Trinajstić information content (AvgIpc) is 3.23. The van der Waals surface area contributed by atoms with Crippen molar-refractivity contribution < 1.29 is 52.7 Å². The van der Waals surface area contributed by atoms with Crippen LogP contribution >= 0.6 is 0 Å². The van der Waals surface area contributed by atoms with Crippen molar-refractivity contribution in [2.75, 3.05) is 60.6 Å². The Morgan fingerprint density at radius 3 is 2.24 bits per heavy atom. The van der Waals surface area contributed by atoms with E-state index in [-0.39, 0.29) is 44.5 Å². The van der Waals surface area contributed by atoms with E-state index in [1.165, 1.54) is 0 Å². The number of carbonyl (C=O) groups is 4. The highest BCUT2D eigenvalue weighted by Crippen LogP contribution is 2.39. The first kappa shape index (κ1) is 46.2. The topological polar surface area (TPSA) is 154 Å². The molecule has 14 nitrogen and oxygen atoms in total. The van der Waals surface area contributed by atoms with Crippen molar-refractivity contribution in [1.82, 2.24) is 14.7 Å². The van der Waals surface area contributed by atoms with Crippen LogP contribution in [0.1, 0.15) is 76.2 Å². The molecule has 0 radical (unpaired) electrons. The maximum absolute atomic E-state index is 14.5. The number of amides is 1. The number of ether oxygens (including phenoxy) is 6. The number of hydrogen-bond donors (Lipinski definition) is 1. The molecule has 3 aliphatic rings. The van der Waals surface area contributed by atoms with E-state index in [1.54, 1.807) is 43.0 Å². The lowest BCUT2D eigenvalue weighted by molar-refractivity contribution is -0.297.